The van der Waals surface area contributed by atoms with Crippen LogP contribution in [0.2, 0.25) is 0 Å². The number of carbonyl (C=O) groups is 1. The molecule has 2 heterocycles. The second-order valence-electron chi connectivity index (χ2n) is 9.13. The number of aliphatic hydroxyl groups is 6. The summed E-state index contributed by atoms with van der Waals surface area (Å²) >= 11 is 0. The van der Waals surface area contributed by atoms with E-state index < -0.39 is 67.5 Å². The average Bonchev–Trinajstić information content (AvgIpc) is 3.08. The molecule has 0 radical (unpaired) electrons. The average molecular weight is 462 g/mol. The summed E-state index contributed by atoms with van der Waals surface area (Å²) in [5.74, 6) is -1.71. The maximum Gasteiger partial charge on any atom is 0.309 e. The first-order valence-electron chi connectivity index (χ1n) is 10.9. The minimum atomic E-state index is -1.56. The zero-order valence-corrected chi connectivity index (χ0v) is 18.2. The van der Waals surface area contributed by atoms with Gasteiger partial charge in [0.05, 0.1) is 25.6 Å². The molecule has 1 aliphatic carbocycles. The quantitative estimate of drug-likeness (QED) is 0.225. The molecule has 2 unspecified atom stereocenters. The van der Waals surface area contributed by atoms with Gasteiger partial charge in [-0.3, -0.25) is 4.79 Å². The highest BCUT2D eigenvalue weighted by molar-refractivity contribution is 5.69. The zero-order valence-electron chi connectivity index (χ0n) is 18.2. The first-order chi connectivity index (χ1) is 15.2. The fraction of sp³-hybridized carbons (Fsp3) is 0.857. The third-order valence-corrected chi connectivity index (χ3v) is 6.39. The lowest BCUT2D eigenvalue weighted by Crippen LogP contribution is -2.59. The molecule has 32 heavy (non-hydrogen) atoms. The molecule has 11 heteroatoms. The first-order valence-corrected chi connectivity index (χ1v) is 10.9. The molecule has 2 fully saturated rings. The lowest BCUT2D eigenvalue weighted by molar-refractivity contribution is -0.299. The van der Waals surface area contributed by atoms with Crippen LogP contribution < -0.4 is 0 Å². The third kappa shape index (κ3) is 5.26. The number of aliphatic hydroxyl groups excluding tert-OH is 6. The highest BCUT2D eigenvalue weighted by Crippen LogP contribution is 2.47. The fourth-order valence-corrected chi connectivity index (χ4v) is 4.65. The van der Waals surface area contributed by atoms with E-state index in [0.29, 0.717) is 12.0 Å². The number of carbonyl (C=O) groups excluding carboxylic acids is 1. The minimum absolute atomic E-state index is 0.0998. The van der Waals surface area contributed by atoms with Gasteiger partial charge in [-0.05, 0) is 23.8 Å². The first kappa shape index (κ1) is 25.3. The second kappa shape index (κ2) is 10.7. The minimum Gasteiger partial charge on any atom is -0.462 e. The van der Waals surface area contributed by atoms with E-state index in [1.807, 2.05) is 13.8 Å². The van der Waals surface area contributed by atoms with Crippen LogP contribution in [0.4, 0.5) is 0 Å². The predicted molar refractivity (Wildman–Crippen MR) is 106 cm³/mol. The molecule has 3 aliphatic rings. The van der Waals surface area contributed by atoms with Crippen molar-refractivity contribution in [2.24, 2.45) is 23.7 Å². The van der Waals surface area contributed by atoms with Crippen LogP contribution in [0.3, 0.4) is 0 Å². The highest BCUT2D eigenvalue weighted by Gasteiger charge is 2.52. The molecule has 1 saturated heterocycles. The Morgan fingerprint density at radius 2 is 1.81 bits per heavy atom. The number of hydrogen-bond acceptors (Lipinski definition) is 11. The Kier molecular flexibility index (Phi) is 8.50. The van der Waals surface area contributed by atoms with Crippen LogP contribution in [0.15, 0.2) is 11.8 Å². The Morgan fingerprint density at radius 1 is 1.09 bits per heavy atom. The van der Waals surface area contributed by atoms with Gasteiger partial charge in [0.1, 0.15) is 24.4 Å². The Labute approximate surface area is 186 Å². The van der Waals surface area contributed by atoms with Gasteiger partial charge in [-0.25, -0.2) is 0 Å². The van der Waals surface area contributed by atoms with E-state index in [1.54, 1.807) is 0 Å². The van der Waals surface area contributed by atoms with Crippen molar-refractivity contribution in [3.8, 4) is 0 Å². The Balaban J connectivity index is 1.70. The molecule has 0 aromatic carbocycles. The largest absolute Gasteiger partial charge is 0.462 e. The molecule has 6 N–H and O–H groups in total. The van der Waals surface area contributed by atoms with E-state index in [-0.39, 0.29) is 31.5 Å². The van der Waals surface area contributed by atoms with Crippen LogP contribution >= 0.6 is 0 Å². The summed E-state index contributed by atoms with van der Waals surface area (Å²) in [7, 11) is 0. The molecule has 11 nitrogen and oxygen atoms in total. The molecular formula is C21H34O11. The van der Waals surface area contributed by atoms with Gasteiger partial charge in [-0.15, -0.1) is 0 Å². The smallest absolute Gasteiger partial charge is 0.309 e. The van der Waals surface area contributed by atoms with E-state index >= 15 is 0 Å². The molecule has 1 saturated carbocycles. The summed E-state index contributed by atoms with van der Waals surface area (Å²) in [4.78, 5) is 12.2. The second-order valence-corrected chi connectivity index (χ2v) is 9.13. The third-order valence-electron chi connectivity index (χ3n) is 6.39. The lowest BCUT2D eigenvalue weighted by Gasteiger charge is -2.40. The standard InChI is InChI=1S/C21H34O11/c1-9(2)3-15(25)32-20-16-11(4-13(24)12(16)5-22)10(7-29-20)8-30-21-19(28)18(27)17(26)14(6-23)31-21/h7,9,11-14,16-24,26-28H,3-6,8H2,1-2H3/t11?,12-,13+,14-,16?,17-,18+,19-,20+,21-/m1/s1. The number of fused-ring (bicyclic) bond motifs is 1. The summed E-state index contributed by atoms with van der Waals surface area (Å²) < 4.78 is 22.1. The summed E-state index contributed by atoms with van der Waals surface area (Å²) in [6.45, 7) is 2.77. The van der Waals surface area contributed by atoms with Crippen molar-refractivity contribution in [1.82, 2.24) is 0 Å². The molecule has 0 spiro atoms. The van der Waals surface area contributed by atoms with Crippen molar-refractivity contribution in [3.05, 3.63) is 11.8 Å². The molecule has 10 atom stereocenters. The van der Waals surface area contributed by atoms with Crippen LogP contribution in [0.25, 0.3) is 0 Å². The predicted octanol–water partition coefficient (Wildman–Crippen LogP) is -1.76. The monoisotopic (exact) mass is 462 g/mol. The molecule has 0 bridgehead atoms. The van der Waals surface area contributed by atoms with Crippen molar-refractivity contribution in [2.75, 3.05) is 19.8 Å². The molecule has 3 rings (SSSR count). The van der Waals surface area contributed by atoms with Crippen molar-refractivity contribution < 1.29 is 54.4 Å². The normalized spacial score (nSPS) is 41.7. The van der Waals surface area contributed by atoms with Crippen molar-refractivity contribution in [1.29, 1.82) is 0 Å². The van der Waals surface area contributed by atoms with Gasteiger partial charge in [-0.2, -0.15) is 0 Å². The highest BCUT2D eigenvalue weighted by atomic mass is 16.7. The van der Waals surface area contributed by atoms with E-state index in [9.17, 15) is 35.4 Å². The lowest BCUT2D eigenvalue weighted by atomic mass is 9.83. The van der Waals surface area contributed by atoms with Gasteiger partial charge < -0.3 is 49.6 Å². The van der Waals surface area contributed by atoms with Crippen molar-refractivity contribution in [2.45, 2.75) is 69.8 Å². The van der Waals surface area contributed by atoms with Gasteiger partial charge >= 0.3 is 5.97 Å². The van der Waals surface area contributed by atoms with E-state index in [2.05, 4.69) is 0 Å². The van der Waals surface area contributed by atoms with Crippen LogP contribution in [0.1, 0.15) is 26.7 Å². The van der Waals surface area contributed by atoms with E-state index in [0.717, 1.165) is 0 Å². The Hall–Kier alpha value is -1.31. The molecular weight excluding hydrogens is 428 g/mol. The summed E-state index contributed by atoms with van der Waals surface area (Å²) in [5.41, 5.74) is 0.595. The van der Waals surface area contributed by atoms with Gasteiger partial charge in [0.2, 0.25) is 6.29 Å². The van der Waals surface area contributed by atoms with Crippen LogP contribution in [-0.2, 0) is 23.7 Å². The topological polar surface area (TPSA) is 175 Å². The number of esters is 1. The maximum atomic E-state index is 12.2. The van der Waals surface area contributed by atoms with Gasteiger partial charge in [0.15, 0.2) is 6.29 Å². The number of ether oxygens (including phenoxy) is 4. The van der Waals surface area contributed by atoms with Crippen molar-refractivity contribution >= 4 is 5.97 Å². The van der Waals surface area contributed by atoms with E-state index in [4.69, 9.17) is 18.9 Å². The van der Waals surface area contributed by atoms with Gasteiger partial charge in [0, 0.05) is 24.9 Å². The van der Waals surface area contributed by atoms with Crippen LogP contribution in [-0.4, -0.2) is 99.5 Å². The van der Waals surface area contributed by atoms with Crippen LogP contribution in [0.5, 0.6) is 0 Å². The molecule has 0 aromatic heterocycles. The molecule has 0 amide bonds. The number of rotatable bonds is 8. The van der Waals surface area contributed by atoms with Gasteiger partial charge in [0.25, 0.3) is 0 Å². The van der Waals surface area contributed by atoms with E-state index in [1.165, 1.54) is 6.26 Å². The molecule has 184 valence electrons. The SMILES string of the molecule is CC(C)CC(=O)O[C@@H]1OC=C(CO[C@@H]2O[C@H](CO)[C@@H](O)[C@H](O)[C@H]2O)C2C[C@H](O)[C@@H](CO)C21. The molecule has 0 aromatic rings. The summed E-state index contributed by atoms with van der Waals surface area (Å²) in [6, 6.07) is 0. The van der Waals surface area contributed by atoms with Crippen molar-refractivity contribution in [3.63, 3.8) is 0 Å². The Morgan fingerprint density at radius 3 is 2.44 bits per heavy atom. The summed E-state index contributed by atoms with van der Waals surface area (Å²) in [6.07, 6.45) is -6.92. The Bertz CT molecular complexity index is 666. The summed E-state index contributed by atoms with van der Waals surface area (Å²) in [5, 5.41) is 59.5. The zero-order chi connectivity index (χ0) is 23.6. The fourth-order valence-electron chi connectivity index (χ4n) is 4.65. The maximum absolute atomic E-state index is 12.2. The molecule has 2 aliphatic heterocycles. The van der Waals surface area contributed by atoms with Crippen LogP contribution in [0, 0.1) is 23.7 Å². The number of hydrogen-bond donors (Lipinski definition) is 6. The van der Waals surface area contributed by atoms with Gasteiger partial charge in [-0.1, -0.05) is 13.8 Å².